The van der Waals surface area contributed by atoms with Crippen LogP contribution in [-0.2, 0) is 13.0 Å². The number of thiophene rings is 1. The molecule has 1 N–H and O–H groups in total. The van der Waals surface area contributed by atoms with Crippen LogP contribution in [0.4, 0.5) is 5.82 Å². The third kappa shape index (κ3) is 3.41. The van der Waals surface area contributed by atoms with Crippen LogP contribution >= 0.6 is 22.9 Å². The topological polar surface area (TPSA) is 37.8 Å². The maximum absolute atomic E-state index is 5.88. The van der Waals surface area contributed by atoms with E-state index in [1.54, 1.807) is 11.3 Å². The van der Waals surface area contributed by atoms with E-state index in [9.17, 15) is 0 Å². The lowest BCUT2D eigenvalue weighted by molar-refractivity contribution is 0.913. The highest BCUT2D eigenvalue weighted by atomic mass is 35.5. The number of rotatable bonds is 4. The van der Waals surface area contributed by atoms with Gasteiger partial charge in [0, 0.05) is 23.1 Å². The highest BCUT2D eigenvalue weighted by Crippen LogP contribution is 2.22. The van der Waals surface area contributed by atoms with Gasteiger partial charge in [-0.15, -0.1) is 11.3 Å². The lowest BCUT2D eigenvalue weighted by Gasteiger charge is -2.06. The number of halogens is 1. The first-order chi connectivity index (χ1) is 8.17. The molecular weight excluding hydrogens is 254 g/mol. The van der Waals surface area contributed by atoms with Gasteiger partial charge in [0.1, 0.15) is 11.6 Å². The van der Waals surface area contributed by atoms with Gasteiger partial charge in [0.05, 0.1) is 10.9 Å². The first-order valence-electron chi connectivity index (χ1n) is 5.50. The molecule has 0 aliphatic rings. The molecule has 2 aromatic heterocycles. The van der Waals surface area contributed by atoms with Gasteiger partial charge < -0.3 is 5.32 Å². The Hall–Kier alpha value is -1.13. The molecule has 0 amide bonds. The first kappa shape index (κ1) is 12.3. The third-order valence-electron chi connectivity index (χ3n) is 2.29. The maximum atomic E-state index is 5.88. The Bertz CT molecular complexity index is 510. The maximum Gasteiger partial charge on any atom is 0.130 e. The Morgan fingerprint density at radius 3 is 2.82 bits per heavy atom. The molecule has 0 fully saturated rings. The van der Waals surface area contributed by atoms with Crippen LogP contribution in [-0.4, -0.2) is 9.97 Å². The van der Waals surface area contributed by atoms with Crippen molar-refractivity contribution in [3.63, 3.8) is 0 Å². The van der Waals surface area contributed by atoms with Gasteiger partial charge in [-0.05, 0) is 19.1 Å². The molecule has 0 atom stereocenters. The van der Waals surface area contributed by atoms with E-state index in [4.69, 9.17) is 11.6 Å². The lowest BCUT2D eigenvalue weighted by Crippen LogP contribution is -2.04. The van der Waals surface area contributed by atoms with Crippen LogP contribution in [0.15, 0.2) is 18.2 Å². The summed E-state index contributed by atoms with van der Waals surface area (Å²) in [4.78, 5) is 9.96. The number of nitrogens with one attached hydrogen (secondary N) is 1. The summed E-state index contributed by atoms with van der Waals surface area (Å²) in [6.07, 6.45) is 0.848. The van der Waals surface area contributed by atoms with Crippen molar-refractivity contribution in [2.75, 3.05) is 5.32 Å². The molecule has 0 aromatic carbocycles. The lowest BCUT2D eigenvalue weighted by atomic mass is 10.3. The Morgan fingerprint density at radius 2 is 2.18 bits per heavy atom. The average Bonchev–Trinajstić information content (AvgIpc) is 2.72. The van der Waals surface area contributed by atoms with E-state index in [-0.39, 0.29) is 0 Å². The molecule has 0 radical (unpaired) electrons. The standard InChI is InChI=1S/C12H14ClN3S/c1-3-11-15-8(2)6-12(16-11)14-7-9-4-5-10(13)17-9/h4-6H,3,7H2,1-2H3,(H,14,15,16). The van der Waals surface area contributed by atoms with E-state index in [0.717, 1.165) is 34.6 Å². The van der Waals surface area contributed by atoms with E-state index in [1.165, 1.54) is 4.88 Å². The third-order valence-corrected chi connectivity index (χ3v) is 3.52. The molecule has 0 saturated heterocycles. The van der Waals surface area contributed by atoms with Crippen molar-refractivity contribution in [1.29, 1.82) is 0 Å². The Balaban J connectivity index is 2.05. The fraction of sp³-hybridized carbons (Fsp3) is 0.333. The number of hydrogen-bond donors (Lipinski definition) is 1. The van der Waals surface area contributed by atoms with E-state index in [0.29, 0.717) is 0 Å². The second-order valence-electron chi connectivity index (χ2n) is 3.72. The van der Waals surface area contributed by atoms with Crippen LogP contribution in [0.2, 0.25) is 4.34 Å². The minimum Gasteiger partial charge on any atom is -0.365 e. The monoisotopic (exact) mass is 267 g/mol. The van der Waals surface area contributed by atoms with Crippen LogP contribution in [0.5, 0.6) is 0 Å². The molecule has 0 aliphatic heterocycles. The molecule has 3 nitrogen and oxygen atoms in total. The van der Waals surface area contributed by atoms with E-state index in [2.05, 4.69) is 22.2 Å². The van der Waals surface area contributed by atoms with Crippen molar-refractivity contribution in [2.24, 2.45) is 0 Å². The first-order valence-corrected chi connectivity index (χ1v) is 6.69. The van der Waals surface area contributed by atoms with Gasteiger partial charge in [0.15, 0.2) is 0 Å². The summed E-state index contributed by atoms with van der Waals surface area (Å²) in [5.74, 6) is 1.75. The van der Waals surface area contributed by atoms with Crippen LogP contribution in [0.1, 0.15) is 23.3 Å². The van der Waals surface area contributed by atoms with E-state index in [1.807, 2.05) is 25.1 Å². The number of hydrogen-bond acceptors (Lipinski definition) is 4. The number of aryl methyl sites for hydroxylation is 2. The second-order valence-corrected chi connectivity index (χ2v) is 5.52. The zero-order valence-electron chi connectivity index (χ0n) is 9.83. The summed E-state index contributed by atoms with van der Waals surface area (Å²) >= 11 is 7.46. The molecule has 2 heterocycles. The predicted octanol–water partition coefficient (Wildman–Crippen LogP) is 3.67. The Labute approximate surface area is 110 Å². The molecule has 2 aromatic rings. The molecule has 90 valence electrons. The Morgan fingerprint density at radius 1 is 1.35 bits per heavy atom. The van der Waals surface area contributed by atoms with Crippen LogP contribution < -0.4 is 5.32 Å². The minimum atomic E-state index is 0.747. The normalized spacial score (nSPS) is 10.5. The van der Waals surface area contributed by atoms with Crippen molar-refractivity contribution >= 4 is 28.8 Å². The predicted molar refractivity (Wildman–Crippen MR) is 72.8 cm³/mol. The van der Waals surface area contributed by atoms with Gasteiger partial charge >= 0.3 is 0 Å². The smallest absolute Gasteiger partial charge is 0.130 e. The summed E-state index contributed by atoms with van der Waals surface area (Å²) in [5.41, 5.74) is 0.989. The van der Waals surface area contributed by atoms with Gasteiger partial charge in [0.2, 0.25) is 0 Å². The molecule has 0 saturated carbocycles. The minimum absolute atomic E-state index is 0.747. The van der Waals surface area contributed by atoms with Gasteiger partial charge in [-0.1, -0.05) is 18.5 Å². The highest BCUT2D eigenvalue weighted by molar-refractivity contribution is 7.16. The number of anilines is 1. The van der Waals surface area contributed by atoms with Crippen molar-refractivity contribution < 1.29 is 0 Å². The van der Waals surface area contributed by atoms with Crippen molar-refractivity contribution in [3.05, 3.63) is 38.9 Å². The number of aromatic nitrogens is 2. The fourth-order valence-corrected chi connectivity index (χ4v) is 2.53. The molecule has 17 heavy (non-hydrogen) atoms. The number of nitrogens with zero attached hydrogens (tertiary/aromatic N) is 2. The van der Waals surface area contributed by atoms with Crippen LogP contribution in [0, 0.1) is 6.92 Å². The van der Waals surface area contributed by atoms with Gasteiger partial charge in [-0.25, -0.2) is 9.97 Å². The summed E-state index contributed by atoms with van der Waals surface area (Å²) in [6, 6.07) is 5.88. The zero-order chi connectivity index (χ0) is 12.3. The SMILES string of the molecule is CCc1nc(C)cc(NCc2ccc(Cl)s2)n1. The van der Waals surface area contributed by atoms with Crippen molar-refractivity contribution in [1.82, 2.24) is 9.97 Å². The Kier molecular flexibility index (Phi) is 3.97. The second kappa shape index (κ2) is 5.47. The van der Waals surface area contributed by atoms with Crippen LogP contribution in [0.25, 0.3) is 0 Å². The molecule has 0 unspecified atom stereocenters. The summed E-state index contributed by atoms with van der Waals surface area (Å²) in [6.45, 7) is 4.78. The summed E-state index contributed by atoms with van der Waals surface area (Å²) in [5, 5.41) is 3.29. The largest absolute Gasteiger partial charge is 0.365 e. The molecule has 2 rings (SSSR count). The van der Waals surface area contributed by atoms with Crippen LogP contribution in [0.3, 0.4) is 0 Å². The van der Waals surface area contributed by atoms with Gasteiger partial charge in [0.25, 0.3) is 0 Å². The van der Waals surface area contributed by atoms with Gasteiger partial charge in [-0.3, -0.25) is 0 Å². The van der Waals surface area contributed by atoms with E-state index < -0.39 is 0 Å². The molecular formula is C12H14ClN3S. The molecule has 5 heteroatoms. The van der Waals surface area contributed by atoms with E-state index >= 15 is 0 Å². The average molecular weight is 268 g/mol. The van der Waals surface area contributed by atoms with Crippen molar-refractivity contribution in [2.45, 2.75) is 26.8 Å². The van der Waals surface area contributed by atoms with Gasteiger partial charge in [-0.2, -0.15) is 0 Å². The molecule has 0 aliphatic carbocycles. The van der Waals surface area contributed by atoms with Crippen molar-refractivity contribution in [3.8, 4) is 0 Å². The zero-order valence-corrected chi connectivity index (χ0v) is 11.4. The molecule has 0 bridgehead atoms. The summed E-state index contributed by atoms with van der Waals surface area (Å²) in [7, 11) is 0. The highest BCUT2D eigenvalue weighted by Gasteiger charge is 2.02. The quantitative estimate of drug-likeness (QED) is 0.918. The summed E-state index contributed by atoms with van der Waals surface area (Å²) < 4.78 is 0.815. The fourth-order valence-electron chi connectivity index (χ4n) is 1.50. The molecule has 0 spiro atoms.